The molecule has 20 heavy (non-hydrogen) atoms. The number of aromatic carboxylic acids is 1. The maximum atomic E-state index is 12.5. The minimum absolute atomic E-state index is 0.0237. The third-order valence-electron chi connectivity index (χ3n) is 3.67. The Balaban J connectivity index is 2.18. The normalized spacial score (nSPS) is 18.6. The van der Waals surface area contributed by atoms with Crippen molar-refractivity contribution in [2.45, 2.75) is 23.8 Å². The Hall–Kier alpha value is -0.960. The Bertz CT molecular complexity index is 588. The monoisotopic (exact) mass is 318 g/mol. The second kappa shape index (κ2) is 5.80. The number of nitrogens with zero attached hydrogens (tertiary/aromatic N) is 2. The van der Waals surface area contributed by atoms with Crippen LogP contribution < -0.4 is 0 Å². The topological polar surface area (TPSA) is 77.9 Å². The van der Waals surface area contributed by atoms with E-state index in [4.69, 9.17) is 5.11 Å². The van der Waals surface area contributed by atoms with Gasteiger partial charge in [-0.2, -0.15) is 4.31 Å². The summed E-state index contributed by atoms with van der Waals surface area (Å²) in [4.78, 5) is 13.1. The van der Waals surface area contributed by atoms with Gasteiger partial charge in [-0.3, -0.25) is 0 Å². The maximum Gasteiger partial charge on any atom is 0.345 e. The van der Waals surface area contributed by atoms with Gasteiger partial charge >= 0.3 is 5.97 Å². The molecule has 0 radical (unpaired) electrons. The second-order valence-electron chi connectivity index (χ2n) is 5.01. The van der Waals surface area contributed by atoms with E-state index in [1.54, 1.807) is 7.05 Å². The summed E-state index contributed by atoms with van der Waals surface area (Å²) in [5, 5.41) is 10.3. The molecule has 0 aromatic carbocycles. The van der Waals surface area contributed by atoms with E-state index in [-0.39, 0.29) is 15.8 Å². The number of hydrogen-bond acceptors (Lipinski definition) is 5. The van der Waals surface area contributed by atoms with Gasteiger partial charge in [0.25, 0.3) is 0 Å². The molecule has 1 fully saturated rings. The molecule has 1 aliphatic rings. The lowest BCUT2D eigenvalue weighted by molar-refractivity contribution is 0.0702. The van der Waals surface area contributed by atoms with Crippen molar-refractivity contribution in [2.75, 3.05) is 27.2 Å². The summed E-state index contributed by atoms with van der Waals surface area (Å²) >= 11 is 0.935. The van der Waals surface area contributed by atoms with Gasteiger partial charge in [0, 0.05) is 18.5 Å². The van der Waals surface area contributed by atoms with Crippen LogP contribution in [-0.4, -0.2) is 61.9 Å². The summed E-state index contributed by atoms with van der Waals surface area (Å²) in [5.74, 6) is -1.10. The maximum absolute atomic E-state index is 12.5. The average Bonchev–Trinajstić information content (AvgIpc) is 2.89. The standard InChI is InChI=1S/C12H18N2O4S2/c1-13-5-3-9(4-6-13)14(2)20(17,18)10-7-11(12(15)16)19-8-10/h7-9H,3-6H2,1-2H3,(H,15,16). The van der Waals surface area contributed by atoms with Crippen molar-refractivity contribution in [1.82, 2.24) is 9.21 Å². The van der Waals surface area contributed by atoms with Crippen LogP contribution in [0.15, 0.2) is 16.3 Å². The van der Waals surface area contributed by atoms with Crippen molar-refractivity contribution < 1.29 is 18.3 Å². The third kappa shape index (κ3) is 3.03. The molecule has 0 unspecified atom stereocenters. The zero-order valence-corrected chi connectivity index (χ0v) is 13.1. The summed E-state index contributed by atoms with van der Waals surface area (Å²) in [7, 11) is -0.0174. The van der Waals surface area contributed by atoms with Crippen molar-refractivity contribution >= 4 is 27.3 Å². The molecule has 1 aromatic heterocycles. The van der Waals surface area contributed by atoms with E-state index in [0.717, 1.165) is 37.3 Å². The molecular weight excluding hydrogens is 300 g/mol. The van der Waals surface area contributed by atoms with Gasteiger partial charge in [-0.25, -0.2) is 13.2 Å². The van der Waals surface area contributed by atoms with Crippen LogP contribution >= 0.6 is 11.3 Å². The quantitative estimate of drug-likeness (QED) is 0.901. The van der Waals surface area contributed by atoms with Crippen LogP contribution in [0.5, 0.6) is 0 Å². The second-order valence-corrected chi connectivity index (χ2v) is 7.92. The van der Waals surface area contributed by atoms with Gasteiger partial charge in [0.15, 0.2) is 0 Å². The first kappa shape index (κ1) is 15.4. The molecule has 1 N–H and O–H groups in total. The number of sulfonamides is 1. The third-order valence-corrected chi connectivity index (χ3v) is 6.62. The van der Waals surface area contributed by atoms with Gasteiger partial charge in [0.1, 0.15) is 4.88 Å². The van der Waals surface area contributed by atoms with E-state index < -0.39 is 16.0 Å². The summed E-state index contributed by atoms with van der Waals surface area (Å²) < 4.78 is 26.3. The Morgan fingerprint density at radius 1 is 1.45 bits per heavy atom. The molecule has 0 bridgehead atoms. The zero-order valence-electron chi connectivity index (χ0n) is 11.4. The number of carbonyl (C=O) groups is 1. The molecule has 112 valence electrons. The summed E-state index contributed by atoms with van der Waals surface area (Å²) in [6.45, 7) is 1.74. The molecule has 0 atom stereocenters. The Labute approximate surface area is 122 Å². The smallest absolute Gasteiger partial charge is 0.345 e. The molecule has 0 saturated carbocycles. The highest BCUT2D eigenvalue weighted by molar-refractivity contribution is 7.89. The molecule has 0 aliphatic carbocycles. The van der Waals surface area contributed by atoms with Crippen LogP contribution in [0.1, 0.15) is 22.5 Å². The minimum atomic E-state index is -3.61. The van der Waals surface area contributed by atoms with E-state index in [1.807, 2.05) is 7.05 Å². The van der Waals surface area contributed by atoms with Crippen LogP contribution in [-0.2, 0) is 10.0 Å². The minimum Gasteiger partial charge on any atom is -0.477 e. The highest BCUT2D eigenvalue weighted by Crippen LogP contribution is 2.26. The lowest BCUT2D eigenvalue weighted by Gasteiger charge is -2.34. The van der Waals surface area contributed by atoms with Crippen LogP contribution in [0.3, 0.4) is 0 Å². The van der Waals surface area contributed by atoms with Gasteiger partial charge in [-0.1, -0.05) is 0 Å². The number of hydrogen-bond donors (Lipinski definition) is 1. The molecule has 6 nitrogen and oxygen atoms in total. The summed E-state index contributed by atoms with van der Waals surface area (Å²) in [6.07, 6.45) is 1.59. The van der Waals surface area contributed by atoms with Crippen molar-refractivity contribution in [3.05, 3.63) is 16.3 Å². The van der Waals surface area contributed by atoms with E-state index in [2.05, 4.69) is 4.90 Å². The molecule has 2 rings (SSSR count). The molecule has 1 aliphatic heterocycles. The van der Waals surface area contributed by atoms with E-state index in [9.17, 15) is 13.2 Å². The van der Waals surface area contributed by atoms with Crippen LogP contribution in [0.2, 0.25) is 0 Å². The number of carboxylic acid groups (broad SMARTS) is 1. The molecule has 2 heterocycles. The van der Waals surface area contributed by atoms with Gasteiger partial charge in [-0.15, -0.1) is 11.3 Å². The van der Waals surface area contributed by atoms with Gasteiger partial charge in [-0.05, 0) is 39.0 Å². The van der Waals surface area contributed by atoms with Crippen molar-refractivity contribution in [3.63, 3.8) is 0 Å². The number of likely N-dealkylation sites (tertiary alicyclic amines) is 1. The predicted octanol–water partition coefficient (Wildman–Crippen LogP) is 1.16. The van der Waals surface area contributed by atoms with Crippen molar-refractivity contribution in [2.24, 2.45) is 0 Å². The fourth-order valence-electron chi connectivity index (χ4n) is 2.29. The van der Waals surface area contributed by atoms with Crippen LogP contribution in [0, 0.1) is 0 Å². The largest absolute Gasteiger partial charge is 0.477 e. The van der Waals surface area contributed by atoms with Crippen LogP contribution in [0.4, 0.5) is 0 Å². The first-order valence-electron chi connectivity index (χ1n) is 6.31. The Kier molecular flexibility index (Phi) is 4.48. The average molecular weight is 318 g/mol. The molecular formula is C12H18N2O4S2. The highest BCUT2D eigenvalue weighted by atomic mass is 32.2. The van der Waals surface area contributed by atoms with Crippen molar-refractivity contribution in [3.8, 4) is 0 Å². The van der Waals surface area contributed by atoms with E-state index >= 15 is 0 Å². The molecule has 8 heteroatoms. The molecule has 0 amide bonds. The first-order chi connectivity index (χ1) is 9.32. The van der Waals surface area contributed by atoms with Gasteiger partial charge < -0.3 is 10.0 Å². The van der Waals surface area contributed by atoms with Gasteiger partial charge in [0.2, 0.25) is 10.0 Å². The number of piperidine rings is 1. The fourth-order valence-corrected chi connectivity index (χ4v) is 4.80. The SMILES string of the molecule is CN1CCC(N(C)S(=O)(=O)c2csc(C(=O)O)c2)CC1. The Morgan fingerprint density at radius 3 is 2.55 bits per heavy atom. The number of carboxylic acids is 1. The summed E-state index contributed by atoms with van der Waals surface area (Å²) in [5.41, 5.74) is 0. The zero-order chi connectivity index (χ0) is 14.9. The lowest BCUT2D eigenvalue weighted by atomic mass is 10.1. The molecule has 1 saturated heterocycles. The van der Waals surface area contributed by atoms with Crippen molar-refractivity contribution in [1.29, 1.82) is 0 Å². The molecule has 0 spiro atoms. The number of thiophene rings is 1. The fraction of sp³-hybridized carbons (Fsp3) is 0.583. The van der Waals surface area contributed by atoms with E-state index in [0.29, 0.717) is 0 Å². The Morgan fingerprint density at radius 2 is 2.05 bits per heavy atom. The summed E-state index contributed by atoms with van der Waals surface area (Å²) in [6, 6.07) is 1.21. The molecule has 1 aromatic rings. The highest BCUT2D eigenvalue weighted by Gasteiger charge is 2.31. The first-order valence-corrected chi connectivity index (χ1v) is 8.62. The number of rotatable bonds is 4. The van der Waals surface area contributed by atoms with E-state index in [1.165, 1.54) is 15.8 Å². The van der Waals surface area contributed by atoms with Gasteiger partial charge in [0.05, 0.1) is 4.90 Å². The van der Waals surface area contributed by atoms with Crippen LogP contribution in [0.25, 0.3) is 0 Å². The lowest BCUT2D eigenvalue weighted by Crippen LogP contribution is -2.44. The predicted molar refractivity (Wildman–Crippen MR) is 76.7 cm³/mol.